The van der Waals surface area contributed by atoms with Crippen molar-refractivity contribution < 1.29 is 19.8 Å². The number of hydrogen-bond acceptors (Lipinski definition) is 4. The first kappa shape index (κ1) is 15.3. The molecule has 0 fully saturated rings. The van der Waals surface area contributed by atoms with Gasteiger partial charge in [0.1, 0.15) is 5.75 Å². The molecule has 0 radical (unpaired) electrons. The second kappa shape index (κ2) is 6.12. The van der Waals surface area contributed by atoms with Gasteiger partial charge in [-0.3, -0.25) is 9.48 Å². The third-order valence-corrected chi connectivity index (χ3v) is 3.45. The molecular weight excluding hydrogens is 389 g/mol. The third kappa shape index (κ3) is 3.51. The number of rotatable bonds is 4. The molecule has 0 saturated heterocycles. The van der Waals surface area contributed by atoms with Crippen LogP contribution in [0.4, 0.5) is 0 Å². The number of aliphatic carboxylic acids is 1. The number of benzene rings is 1. The first-order chi connectivity index (χ1) is 9.88. The second-order valence-electron chi connectivity index (χ2n) is 4.35. The first-order valence-corrected chi connectivity index (χ1v) is 6.97. The molecule has 110 valence electrons. The molecule has 7 nitrogen and oxygen atoms in total. The molecule has 3 N–H and O–H groups in total. The standard InChI is InChI=1S/C13H12IN3O4/c1-17-6-7(5-15-17)11(13(20)21)16-12(19)9-4-8(14)2-3-10(9)18/h2-6,11,18H,1H3,(H,16,19)(H,20,21). The number of nitrogens with one attached hydrogen (secondary N) is 1. The lowest BCUT2D eigenvalue weighted by Gasteiger charge is -2.13. The molecule has 1 heterocycles. The number of aryl methyl sites for hydroxylation is 1. The number of phenolic OH excluding ortho intramolecular Hbond substituents is 1. The van der Waals surface area contributed by atoms with Gasteiger partial charge in [-0.05, 0) is 40.8 Å². The normalized spacial score (nSPS) is 11.9. The third-order valence-electron chi connectivity index (χ3n) is 2.78. The van der Waals surface area contributed by atoms with E-state index in [-0.39, 0.29) is 11.3 Å². The van der Waals surface area contributed by atoms with E-state index >= 15 is 0 Å². The molecule has 0 spiro atoms. The van der Waals surface area contributed by atoms with Crippen molar-refractivity contribution in [3.8, 4) is 5.75 Å². The lowest BCUT2D eigenvalue weighted by atomic mass is 10.1. The Hall–Kier alpha value is -2.10. The number of aromatic hydroxyl groups is 1. The maximum absolute atomic E-state index is 12.1. The summed E-state index contributed by atoms with van der Waals surface area (Å²) >= 11 is 2.00. The number of carboxylic acid groups (broad SMARTS) is 1. The van der Waals surface area contributed by atoms with Gasteiger partial charge in [0.15, 0.2) is 6.04 Å². The Labute approximate surface area is 133 Å². The molecule has 1 amide bonds. The van der Waals surface area contributed by atoms with E-state index in [1.54, 1.807) is 13.1 Å². The summed E-state index contributed by atoms with van der Waals surface area (Å²) in [7, 11) is 1.65. The van der Waals surface area contributed by atoms with Crippen LogP contribution in [-0.4, -0.2) is 31.9 Å². The molecule has 2 rings (SSSR count). The quantitative estimate of drug-likeness (QED) is 0.670. The largest absolute Gasteiger partial charge is 0.507 e. The molecule has 0 aliphatic rings. The van der Waals surface area contributed by atoms with Crippen molar-refractivity contribution in [2.24, 2.45) is 7.05 Å². The maximum atomic E-state index is 12.1. The van der Waals surface area contributed by atoms with E-state index in [0.29, 0.717) is 5.56 Å². The van der Waals surface area contributed by atoms with Crippen LogP contribution < -0.4 is 5.32 Å². The summed E-state index contributed by atoms with van der Waals surface area (Å²) in [4.78, 5) is 23.5. The highest BCUT2D eigenvalue weighted by Crippen LogP contribution is 2.21. The number of carboxylic acids is 1. The molecule has 2 aromatic rings. The molecule has 1 atom stereocenters. The van der Waals surface area contributed by atoms with Gasteiger partial charge in [-0.1, -0.05) is 0 Å². The van der Waals surface area contributed by atoms with Gasteiger partial charge < -0.3 is 15.5 Å². The fraction of sp³-hybridized carbons (Fsp3) is 0.154. The molecule has 0 bridgehead atoms. The van der Waals surface area contributed by atoms with Crippen molar-refractivity contribution in [2.45, 2.75) is 6.04 Å². The van der Waals surface area contributed by atoms with Gasteiger partial charge >= 0.3 is 5.97 Å². The maximum Gasteiger partial charge on any atom is 0.331 e. The van der Waals surface area contributed by atoms with Crippen LogP contribution in [0, 0.1) is 3.57 Å². The minimum absolute atomic E-state index is 0.0250. The predicted octanol–water partition coefficient (Wildman–Crippen LogP) is 1.29. The van der Waals surface area contributed by atoms with Crippen molar-refractivity contribution in [3.05, 3.63) is 45.3 Å². The Morgan fingerprint density at radius 1 is 1.43 bits per heavy atom. The van der Waals surface area contributed by atoms with Crippen LogP contribution in [0.15, 0.2) is 30.6 Å². The summed E-state index contributed by atoms with van der Waals surface area (Å²) in [5, 5.41) is 25.2. The van der Waals surface area contributed by atoms with E-state index in [9.17, 15) is 19.8 Å². The van der Waals surface area contributed by atoms with Gasteiger partial charge in [-0.2, -0.15) is 5.10 Å². The average Bonchev–Trinajstić information content (AvgIpc) is 2.84. The Bertz CT molecular complexity index is 698. The number of phenols is 1. The van der Waals surface area contributed by atoms with E-state index in [2.05, 4.69) is 10.4 Å². The monoisotopic (exact) mass is 401 g/mol. The smallest absolute Gasteiger partial charge is 0.331 e. The van der Waals surface area contributed by atoms with Crippen molar-refractivity contribution in [2.75, 3.05) is 0 Å². The Kier molecular flexibility index (Phi) is 4.46. The van der Waals surface area contributed by atoms with Crippen LogP contribution in [0.2, 0.25) is 0 Å². The Balaban J connectivity index is 2.27. The topological polar surface area (TPSA) is 104 Å². The Morgan fingerprint density at radius 2 is 2.14 bits per heavy atom. The summed E-state index contributed by atoms with van der Waals surface area (Å²) in [5.74, 6) is -2.08. The zero-order valence-corrected chi connectivity index (χ0v) is 13.1. The van der Waals surface area contributed by atoms with Gasteiger partial charge in [0, 0.05) is 22.4 Å². The van der Waals surface area contributed by atoms with Gasteiger partial charge in [-0.25, -0.2) is 4.79 Å². The van der Waals surface area contributed by atoms with Crippen molar-refractivity contribution >= 4 is 34.5 Å². The van der Waals surface area contributed by atoms with Crippen LogP contribution in [0.3, 0.4) is 0 Å². The van der Waals surface area contributed by atoms with E-state index < -0.39 is 17.9 Å². The average molecular weight is 401 g/mol. The van der Waals surface area contributed by atoms with E-state index in [1.165, 1.54) is 29.2 Å². The molecule has 0 aliphatic heterocycles. The molecule has 0 saturated carbocycles. The number of halogens is 1. The second-order valence-corrected chi connectivity index (χ2v) is 5.60. The molecule has 0 aliphatic carbocycles. The van der Waals surface area contributed by atoms with E-state index in [1.807, 2.05) is 22.6 Å². The Morgan fingerprint density at radius 3 is 2.71 bits per heavy atom. The summed E-state index contributed by atoms with van der Waals surface area (Å²) in [6.07, 6.45) is 2.88. The fourth-order valence-corrected chi connectivity index (χ4v) is 2.27. The van der Waals surface area contributed by atoms with Crippen LogP contribution in [0.25, 0.3) is 0 Å². The highest BCUT2D eigenvalue weighted by molar-refractivity contribution is 14.1. The van der Waals surface area contributed by atoms with Crippen LogP contribution in [0.1, 0.15) is 22.0 Å². The van der Waals surface area contributed by atoms with Crippen molar-refractivity contribution in [3.63, 3.8) is 0 Å². The molecule has 8 heteroatoms. The lowest BCUT2D eigenvalue weighted by Crippen LogP contribution is -2.33. The van der Waals surface area contributed by atoms with Crippen LogP contribution in [0.5, 0.6) is 5.75 Å². The summed E-state index contributed by atoms with van der Waals surface area (Å²) in [6, 6.07) is 3.27. The number of nitrogens with zero attached hydrogens (tertiary/aromatic N) is 2. The van der Waals surface area contributed by atoms with Crippen LogP contribution >= 0.6 is 22.6 Å². The number of hydrogen-bond donors (Lipinski definition) is 3. The van der Waals surface area contributed by atoms with Gasteiger partial charge in [0.25, 0.3) is 5.91 Å². The zero-order valence-electron chi connectivity index (χ0n) is 10.9. The first-order valence-electron chi connectivity index (χ1n) is 5.89. The highest BCUT2D eigenvalue weighted by Gasteiger charge is 2.25. The van der Waals surface area contributed by atoms with Gasteiger partial charge in [-0.15, -0.1) is 0 Å². The van der Waals surface area contributed by atoms with E-state index in [0.717, 1.165) is 3.57 Å². The van der Waals surface area contributed by atoms with Gasteiger partial charge in [0.2, 0.25) is 0 Å². The number of carbonyl (C=O) groups excluding carboxylic acids is 1. The minimum Gasteiger partial charge on any atom is -0.507 e. The van der Waals surface area contributed by atoms with Crippen molar-refractivity contribution in [1.82, 2.24) is 15.1 Å². The number of amides is 1. The zero-order chi connectivity index (χ0) is 15.6. The molecular formula is C13H12IN3O4. The molecule has 1 aromatic carbocycles. The van der Waals surface area contributed by atoms with Gasteiger partial charge in [0.05, 0.1) is 11.8 Å². The lowest BCUT2D eigenvalue weighted by molar-refractivity contribution is -0.139. The fourth-order valence-electron chi connectivity index (χ4n) is 1.78. The summed E-state index contributed by atoms with van der Waals surface area (Å²) in [5.41, 5.74) is 0.375. The summed E-state index contributed by atoms with van der Waals surface area (Å²) in [6.45, 7) is 0. The van der Waals surface area contributed by atoms with Crippen LogP contribution in [-0.2, 0) is 11.8 Å². The van der Waals surface area contributed by atoms with E-state index in [4.69, 9.17) is 0 Å². The SMILES string of the molecule is Cn1cc(C(NC(=O)c2cc(I)ccc2O)C(=O)O)cn1. The molecule has 1 unspecified atom stereocenters. The highest BCUT2D eigenvalue weighted by atomic mass is 127. The number of carbonyl (C=O) groups is 2. The minimum atomic E-state index is -1.23. The number of aromatic nitrogens is 2. The summed E-state index contributed by atoms with van der Waals surface area (Å²) < 4.78 is 2.20. The van der Waals surface area contributed by atoms with Crippen molar-refractivity contribution in [1.29, 1.82) is 0 Å². The molecule has 21 heavy (non-hydrogen) atoms. The predicted molar refractivity (Wildman–Crippen MR) is 81.9 cm³/mol. The molecule has 1 aromatic heterocycles.